The zero-order valence-corrected chi connectivity index (χ0v) is 23.5. The molecule has 3 N–H and O–H groups in total. The minimum Gasteiger partial charge on any atom is -0.443 e. The summed E-state index contributed by atoms with van der Waals surface area (Å²) in [5.74, 6) is 0.0104. The Morgan fingerprint density at radius 3 is 2.44 bits per heavy atom. The molecule has 10 nitrogen and oxygen atoms in total. The van der Waals surface area contributed by atoms with Crippen LogP contribution in [0.25, 0.3) is 0 Å². The smallest absolute Gasteiger partial charge is 0.405 e. The highest BCUT2D eigenvalue weighted by molar-refractivity contribution is 7.99. The first-order chi connectivity index (χ1) is 19.7. The summed E-state index contributed by atoms with van der Waals surface area (Å²) in [5.41, 5.74) is 5.79. The van der Waals surface area contributed by atoms with Gasteiger partial charge in [0, 0.05) is 68.0 Å². The maximum Gasteiger partial charge on any atom is 0.405 e. The number of nitrogens with two attached hydrogens (primary N) is 1. The number of piperidine rings is 2. The molecule has 2 saturated heterocycles. The molecule has 0 spiro atoms. The average molecular weight is 579 g/mol. The summed E-state index contributed by atoms with van der Waals surface area (Å²) >= 11 is 1.40. The van der Waals surface area contributed by atoms with Gasteiger partial charge in [0.05, 0.1) is 18.1 Å². The Morgan fingerprint density at radius 2 is 1.78 bits per heavy atom. The van der Waals surface area contributed by atoms with E-state index in [1.165, 1.54) is 17.8 Å². The van der Waals surface area contributed by atoms with Gasteiger partial charge in [0.15, 0.2) is 0 Å². The molecule has 214 valence electrons. The van der Waals surface area contributed by atoms with Crippen molar-refractivity contribution in [2.45, 2.75) is 48.1 Å². The topological polar surface area (TPSA) is 131 Å². The summed E-state index contributed by atoms with van der Waals surface area (Å²) in [4.78, 5) is 49.3. The number of anilines is 3. The molecule has 12 heteroatoms. The minimum atomic E-state index is -0.762. The fraction of sp³-hybridized carbons (Fsp3) is 0.345. The van der Waals surface area contributed by atoms with Crippen molar-refractivity contribution in [1.29, 1.82) is 0 Å². The second-order valence-electron chi connectivity index (χ2n) is 10.3. The van der Waals surface area contributed by atoms with Gasteiger partial charge < -0.3 is 25.6 Å². The monoisotopic (exact) mass is 578 g/mol. The maximum absolute atomic E-state index is 14.8. The molecule has 2 amide bonds. The molecule has 0 aliphatic carbocycles. The lowest BCUT2D eigenvalue weighted by Gasteiger charge is -2.38. The molecule has 3 aromatic rings. The van der Waals surface area contributed by atoms with Gasteiger partial charge in [-0.1, -0.05) is 17.8 Å². The Morgan fingerprint density at radius 1 is 1.02 bits per heavy atom. The van der Waals surface area contributed by atoms with E-state index in [1.807, 2.05) is 30.0 Å². The van der Waals surface area contributed by atoms with Gasteiger partial charge in [-0.15, -0.1) is 0 Å². The van der Waals surface area contributed by atoms with Crippen LogP contribution in [0.15, 0.2) is 64.8 Å². The molecular formula is C29H31FN6O4S. The first-order valence-electron chi connectivity index (χ1n) is 13.4. The lowest BCUT2D eigenvalue weighted by molar-refractivity contribution is -0.119. The fourth-order valence-corrected chi connectivity index (χ4v) is 5.73. The number of rotatable bonds is 7. The highest BCUT2D eigenvalue weighted by atomic mass is 32.2. The molecular weight excluding hydrogens is 547 g/mol. The van der Waals surface area contributed by atoms with Crippen molar-refractivity contribution in [3.63, 3.8) is 0 Å². The Bertz CT molecular complexity index is 1440. The first-order valence-corrected chi connectivity index (χ1v) is 14.2. The van der Waals surface area contributed by atoms with E-state index < -0.39 is 23.4 Å². The molecule has 2 fully saturated rings. The molecule has 0 radical (unpaired) electrons. The van der Waals surface area contributed by atoms with Crippen LogP contribution < -0.4 is 20.9 Å². The molecule has 3 heterocycles. The molecule has 2 aromatic carbocycles. The number of carbonyl (C=O) groups is 3. The summed E-state index contributed by atoms with van der Waals surface area (Å²) in [5, 5.41) is 3.52. The predicted octanol–water partition coefficient (Wildman–Crippen LogP) is 4.64. The van der Waals surface area contributed by atoms with Crippen molar-refractivity contribution in [2.24, 2.45) is 5.73 Å². The van der Waals surface area contributed by atoms with E-state index in [-0.39, 0.29) is 11.3 Å². The number of hydrogen-bond acceptors (Lipinski definition) is 9. The number of nitrogens with zero attached hydrogens (tertiary/aromatic N) is 4. The summed E-state index contributed by atoms with van der Waals surface area (Å²) < 4.78 is 20.1. The number of hydrogen-bond donors (Lipinski definition) is 2. The number of ether oxygens (including phenoxy) is 1. The Labute approximate surface area is 241 Å². The minimum absolute atomic E-state index is 0.183. The number of Topliss-reactive ketones (excluding diaryl/α,β-unsaturated/α-hetero) is 1. The van der Waals surface area contributed by atoms with E-state index in [4.69, 9.17) is 10.5 Å². The zero-order chi connectivity index (χ0) is 29.0. The standard InChI is InChI=1S/C29H31FN6O4S/c1-29(40-28(31)39)9-13-36(14-10-29)25-17-33-26(18-32-25)41-22-4-2-3-20(16-22)34-27(38)19-5-6-24(23(30)15-19)35-11-7-21(37)8-12-35/h2-6,15-18H,7-14H2,1H3,(H2,31,39)(H,34,38). The third-order valence-electron chi connectivity index (χ3n) is 7.29. The average Bonchev–Trinajstić information content (AvgIpc) is 2.94. The van der Waals surface area contributed by atoms with Gasteiger partial charge in [-0.05, 0) is 43.3 Å². The zero-order valence-electron chi connectivity index (χ0n) is 22.6. The third-order valence-corrected chi connectivity index (χ3v) is 8.20. The Balaban J connectivity index is 1.17. The van der Waals surface area contributed by atoms with E-state index in [9.17, 15) is 18.8 Å². The van der Waals surface area contributed by atoms with Crippen LogP contribution in [0.1, 0.15) is 43.0 Å². The van der Waals surface area contributed by atoms with Crippen molar-refractivity contribution >= 4 is 46.7 Å². The van der Waals surface area contributed by atoms with Crippen molar-refractivity contribution in [3.8, 4) is 0 Å². The van der Waals surface area contributed by atoms with Gasteiger partial charge in [0.2, 0.25) is 0 Å². The van der Waals surface area contributed by atoms with Crippen LogP contribution in [0.4, 0.5) is 26.4 Å². The van der Waals surface area contributed by atoms with Crippen LogP contribution in [0, 0.1) is 5.82 Å². The summed E-state index contributed by atoms with van der Waals surface area (Å²) in [6.07, 6.45) is 4.74. The van der Waals surface area contributed by atoms with Gasteiger partial charge >= 0.3 is 6.09 Å². The molecule has 2 aliphatic rings. The molecule has 41 heavy (non-hydrogen) atoms. The van der Waals surface area contributed by atoms with Crippen molar-refractivity contribution < 1.29 is 23.5 Å². The Kier molecular flexibility index (Phi) is 8.39. The summed E-state index contributed by atoms with van der Waals surface area (Å²) in [6.45, 7) is 4.17. The van der Waals surface area contributed by atoms with E-state index in [1.54, 1.807) is 30.6 Å². The predicted molar refractivity (Wildman–Crippen MR) is 154 cm³/mol. The van der Waals surface area contributed by atoms with Crippen molar-refractivity contribution in [1.82, 2.24) is 9.97 Å². The van der Waals surface area contributed by atoms with Crippen LogP contribution in [-0.4, -0.2) is 59.5 Å². The number of halogens is 1. The number of benzene rings is 2. The molecule has 2 aliphatic heterocycles. The number of carbonyl (C=O) groups excluding carboxylic acids is 3. The summed E-state index contributed by atoms with van der Waals surface area (Å²) in [7, 11) is 0. The van der Waals surface area contributed by atoms with E-state index in [0.29, 0.717) is 68.3 Å². The second kappa shape index (κ2) is 12.1. The molecule has 0 unspecified atom stereocenters. The second-order valence-corrected chi connectivity index (χ2v) is 11.4. The maximum atomic E-state index is 14.8. The van der Waals surface area contributed by atoms with Crippen LogP contribution in [0.5, 0.6) is 0 Å². The third kappa shape index (κ3) is 7.12. The first kappa shape index (κ1) is 28.3. The van der Waals surface area contributed by atoms with E-state index >= 15 is 0 Å². The highest BCUT2D eigenvalue weighted by Crippen LogP contribution is 2.31. The molecule has 5 rings (SSSR count). The normalized spacial score (nSPS) is 16.8. The number of amides is 2. The van der Waals surface area contributed by atoms with Gasteiger partial charge in [-0.3, -0.25) is 9.59 Å². The van der Waals surface area contributed by atoms with Gasteiger partial charge in [0.25, 0.3) is 5.91 Å². The number of ketones is 1. The van der Waals surface area contributed by atoms with Crippen molar-refractivity contribution in [2.75, 3.05) is 41.3 Å². The number of aromatic nitrogens is 2. The van der Waals surface area contributed by atoms with Crippen LogP contribution in [-0.2, 0) is 9.53 Å². The lowest BCUT2D eigenvalue weighted by atomic mass is 9.93. The number of nitrogens with one attached hydrogen (secondary N) is 1. The molecule has 1 aromatic heterocycles. The van der Waals surface area contributed by atoms with Crippen LogP contribution in [0.3, 0.4) is 0 Å². The summed E-state index contributed by atoms with van der Waals surface area (Å²) in [6, 6.07) is 11.7. The Hall–Kier alpha value is -4.19. The van der Waals surface area contributed by atoms with E-state index in [0.717, 1.165) is 10.7 Å². The molecule has 0 bridgehead atoms. The lowest BCUT2D eigenvalue weighted by Crippen LogP contribution is -2.46. The molecule has 0 atom stereocenters. The van der Waals surface area contributed by atoms with Crippen molar-refractivity contribution in [3.05, 3.63) is 66.2 Å². The number of primary amides is 1. The molecule has 0 saturated carbocycles. The van der Waals surface area contributed by atoms with Gasteiger partial charge in [-0.25, -0.2) is 19.2 Å². The largest absolute Gasteiger partial charge is 0.443 e. The quantitative estimate of drug-likeness (QED) is 0.412. The van der Waals surface area contributed by atoms with Crippen LogP contribution in [0.2, 0.25) is 0 Å². The highest BCUT2D eigenvalue weighted by Gasteiger charge is 2.33. The van der Waals surface area contributed by atoms with Crippen LogP contribution >= 0.6 is 11.8 Å². The van der Waals surface area contributed by atoms with Gasteiger partial charge in [0.1, 0.15) is 28.0 Å². The van der Waals surface area contributed by atoms with E-state index in [2.05, 4.69) is 20.2 Å². The fourth-order valence-electron chi connectivity index (χ4n) is 4.94. The van der Waals surface area contributed by atoms with Gasteiger partial charge in [-0.2, -0.15) is 0 Å². The SMILES string of the molecule is CC1(OC(N)=O)CCN(c2cnc(Sc3cccc(NC(=O)c4ccc(N5CCC(=O)CC5)c(F)c4)c3)cn2)CC1.